The fourth-order valence-electron chi connectivity index (χ4n) is 8.20. The SMILES string of the molecule is O=C1C2C(C(=O)N1c1ccccc1F)C1(c3ccccc3)C(=O)C2(c2ccccc2)C(c2ccccc2)=C1c1ccccc1. The number of carbonyl (C=O) groups excluding carboxylic acids is 3. The van der Waals surface area contributed by atoms with Crippen LogP contribution in [0.2, 0.25) is 0 Å². The van der Waals surface area contributed by atoms with E-state index >= 15 is 9.18 Å². The molecule has 1 saturated carbocycles. The van der Waals surface area contributed by atoms with Crippen molar-refractivity contribution in [3.05, 3.63) is 174 Å². The number of benzene rings is 5. The normalized spacial score (nSPS) is 25.6. The minimum absolute atomic E-state index is 0.0994. The first-order valence-electron chi connectivity index (χ1n) is 14.7. The first-order valence-corrected chi connectivity index (χ1v) is 14.7. The number of anilines is 1. The topological polar surface area (TPSA) is 54.5 Å². The maximum absolute atomic E-state index is 15.8. The first kappa shape index (κ1) is 26.2. The third-order valence-corrected chi connectivity index (χ3v) is 9.67. The third-order valence-electron chi connectivity index (χ3n) is 9.67. The predicted molar refractivity (Wildman–Crippen MR) is 167 cm³/mol. The van der Waals surface area contributed by atoms with E-state index < -0.39 is 40.3 Å². The number of nitrogens with zero attached hydrogens (tertiary/aromatic N) is 1. The number of allylic oxidation sites excluding steroid dienone is 2. The number of Topliss-reactive ketones (excluding diaryl/α,β-unsaturated/α-hetero) is 1. The largest absolute Gasteiger partial charge is 0.297 e. The lowest BCUT2D eigenvalue weighted by molar-refractivity contribution is -0.130. The van der Waals surface area contributed by atoms with Gasteiger partial charge < -0.3 is 0 Å². The lowest BCUT2D eigenvalue weighted by atomic mass is 9.59. The Balaban J connectivity index is 1.57. The summed E-state index contributed by atoms with van der Waals surface area (Å²) in [4.78, 5) is 46.4. The Labute approximate surface area is 254 Å². The molecule has 5 aromatic rings. The van der Waals surface area contributed by atoms with Crippen molar-refractivity contribution >= 4 is 34.4 Å². The maximum atomic E-state index is 15.8. The van der Waals surface area contributed by atoms with E-state index in [-0.39, 0.29) is 11.5 Å². The highest BCUT2D eigenvalue weighted by Crippen LogP contribution is 2.74. The monoisotopic (exact) mass is 575 g/mol. The average molecular weight is 576 g/mol. The summed E-state index contributed by atoms with van der Waals surface area (Å²) in [6.07, 6.45) is 0. The summed E-state index contributed by atoms with van der Waals surface area (Å²) in [6, 6.07) is 43.8. The van der Waals surface area contributed by atoms with Crippen molar-refractivity contribution in [3.8, 4) is 0 Å². The van der Waals surface area contributed by atoms with Crippen molar-refractivity contribution in [3.63, 3.8) is 0 Å². The quantitative estimate of drug-likeness (QED) is 0.212. The van der Waals surface area contributed by atoms with Gasteiger partial charge in [-0.1, -0.05) is 133 Å². The molecule has 2 amide bonds. The molecule has 2 bridgehead atoms. The molecule has 5 heteroatoms. The van der Waals surface area contributed by atoms with Crippen molar-refractivity contribution in [2.75, 3.05) is 4.90 Å². The van der Waals surface area contributed by atoms with Gasteiger partial charge in [-0.3, -0.25) is 14.4 Å². The van der Waals surface area contributed by atoms with Gasteiger partial charge in [0.05, 0.1) is 28.4 Å². The summed E-state index contributed by atoms with van der Waals surface area (Å²) in [5.74, 6) is -4.19. The van der Waals surface area contributed by atoms with Gasteiger partial charge in [0.1, 0.15) is 5.82 Å². The molecule has 4 atom stereocenters. The number of amides is 2. The second-order valence-electron chi connectivity index (χ2n) is 11.6. The van der Waals surface area contributed by atoms with Crippen LogP contribution in [0.3, 0.4) is 0 Å². The van der Waals surface area contributed by atoms with E-state index in [2.05, 4.69) is 0 Å². The van der Waals surface area contributed by atoms with E-state index in [1.807, 2.05) is 121 Å². The highest BCUT2D eigenvalue weighted by Gasteiger charge is 2.82. The highest BCUT2D eigenvalue weighted by atomic mass is 19.1. The second-order valence-corrected chi connectivity index (χ2v) is 11.6. The van der Waals surface area contributed by atoms with Crippen LogP contribution in [-0.4, -0.2) is 17.6 Å². The Hall–Kier alpha value is -5.42. The van der Waals surface area contributed by atoms with E-state index in [4.69, 9.17) is 0 Å². The number of hydrogen-bond donors (Lipinski definition) is 0. The predicted octanol–water partition coefficient (Wildman–Crippen LogP) is 7.01. The molecule has 5 aromatic carbocycles. The number of para-hydroxylation sites is 1. The van der Waals surface area contributed by atoms with Crippen molar-refractivity contribution in [1.29, 1.82) is 0 Å². The van der Waals surface area contributed by atoms with E-state index in [1.54, 1.807) is 6.07 Å². The number of fused-ring (bicyclic) bond motifs is 5. The average Bonchev–Trinajstić information content (AvgIpc) is 3.59. The highest BCUT2D eigenvalue weighted by molar-refractivity contribution is 6.39. The van der Waals surface area contributed by atoms with E-state index in [1.165, 1.54) is 18.2 Å². The van der Waals surface area contributed by atoms with Gasteiger partial charge >= 0.3 is 0 Å². The van der Waals surface area contributed by atoms with Crippen molar-refractivity contribution < 1.29 is 18.8 Å². The smallest absolute Gasteiger partial charge is 0.239 e. The Morgan fingerprint density at radius 1 is 0.477 bits per heavy atom. The van der Waals surface area contributed by atoms with Gasteiger partial charge in [0.15, 0.2) is 5.78 Å². The van der Waals surface area contributed by atoms with E-state index in [9.17, 15) is 9.59 Å². The molecule has 4 unspecified atom stereocenters. The van der Waals surface area contributed by atoms with Gasteiger partial charge in [-0.05, 0) is 45.5 Å². The van der Waals surface area contributed by atoms with Crippen molar-refractivity contribution in [1.82, 2.24) is 0 Å². The fraction of sp³-hybridized carbons (Fsp3) is 0.103. The molecule has 0 aromatic heterocycles. The standard InChI is InChI=1S/C39H26FNO3/c40-29-23-13-14-24-30(29)41-35(42)33-34(36(41)43)39(28-21-11-4-12-22-28)32(26-17-7-2-8-18-26)31(25-15-5-1-6-16-25)38(33,37(39)44)27-19-9-3-10-20-27/h1-24,33-34H. The molecule has 0 spiro atoms. The molecule has 0 radical (unpaired) electrons. The molecular formula is C39H26FNO3. The van der Waals surface area contributed by atoms with Gasteiger partial charge in [-0.2, -0.15) is 0 Å². The molecule has 2 fully saturated rings. The zero-order valence-electron chi connectivity index (χ0n) is 23.6. The Kier molecular flexibility index (Phi) is 5.69. The Bertz CT molecular complexity index is 1870. The van der Waals surface area contributed by atoms with Gasteiger partial charge in [-0.25, -0.2) is 9.29 Å². The van der Waals surface area contributed by atoms with Crippen LogP contribution in [-0.2, 0) is 25.2 Å². The number of imide groups is 1. The molecule has 1 heterocycles. The number of rotatable bonds is 5. The Morgan fingerprint density at radius 2 is 0.841 bits per heavy atom. The first-order chi connectivity index (χ1) is 21.5. The molecule has 1 aliphatic heterocycles. The molecule has 3 aliphatic rings. The van der Waals surface area contributed by atoms with Crippen LogP contribution in [0.5, 0.6) is 0 Å². The molecule has 2 aliphatic carbocycles. The summed E-state index contributed by atoms with van der Waals surface area (Å²) in [5, 5.41) is 0. The number of ketones is 1. The van der Waals surface area contributed by atoms with Crippen LogP contribution in [0.1, 0.15) is 22.3 Å². The summed E-state index contributed by atoms with van der Waals surface area (Å²) in [5.41, 5.74) is 1.16. The van der Waals surface area contributed by atoms with Crippen LogP contribution in [0.15, 0.2) is 146 Å². The van der Waals surface area contributed by atoms with Gasteiger partial charge in [0, 0.05) is 0 Å². The lowest BCUT2D eigenvalue weighted by Gasteiger charge is -2.39. The molecule has 4 nitrogen and oxygen atoms in total. The van der Waals surface area contributed by atoms with Crippen molar-refractivity contribution in [2.45, 2.75) is 10.8 Å². The number of hydrogen-bond acceptors (Lipinski definition) is 3. The summed E-state index contributed by atoms with van der Waals surface area (Å²) < 4.78 is 15.3. The third kappa shape index (κ3) is 3.13. The zero-order valence-corrected chi connectivity index (χ0v) is 23.6. The van der Waals surface area contributed by atoms with Gasteiger partial charge in [0.25, 0.3) is 0 Å². The van der Waals surface area contributed by atoms with Crippen molar-refractivity contribution in [2.24, 2.45) is 11.8 Å². The Morgan fingerprint density at radius 3 is 1.25 bits per heavy atom. The summed E-state index contributed by atoms with van der Waals surface area (Å²) in [7, 11) is 0. The molecule has 44 heavy (non-hydrogen) atoms. The van der Waals surface area contributed by atoms with Crippen LogP contribution < -0.4 is 4.90 Å². The second kappa shape index (κ2) is 9.55. The van der Waals surface area contributed by atoms with Gasteiger partial charge in [0.2, 0.25) is 11.8 Å². The summed E-state index contributed by atoms with van der Waals surface area (Å²) in [6.45, 7) is 0. The van der Waals surface area contributed by atoms with E-state index in [0.29, 0.717) is 22.3 Å². The zero-order chi connectivity index (χ0) is 30.1. The molecule has 212 valence electrons. The number of halogens is 1. The van der Waals surface area contributed by atoms with E-state index in [0.717, 1.165) is 16.0 Å². The lowest BCUT2D eigenvalue weighted by Crippen LogP contribution is -2.45. The van der Waals surface area contributed by atoms with Crippen LogP contribution in [0.25, 0.3) is 11.1 Å². The minimum Gasteiger partial charge on any atom is -0.297 e. The van der Waals surface area contributed by atoms with Crippen LogP contribution in [0, 0.1) is 17.7 Å². The molecular weight excluding hydrogens is 549 g/mol. The molecule has 8 rings (SSSR count). The summed E-state index contributed by atoms with van der Waals surface area (Å²) >= 11 is 0. The van der Waals surface area contributed by atoms with Crippen LogP contribution in [0.4, 0.5) is 10.1 Å². The molecule has 1 saturated heterocycles. The number of carbonyl (C=O) groups is 3. The van der Waals surface area contributed by atoms with Crippen LogP contribution >= 0.6 is 0 Å². The fourth-order valence-corrected chi connectivity index (χ4v) is 8.20. The van der Waals surface area contributed by atoms with Gasteiger partial charge in [-0.15, -0.1) is 0 Å². The maximum Gasteiger partial charge on any atom is 0.239 e. The minimum atomic E-state index is -1.51. The molecule has 0 N–H and O–H groups in total.